The Labute approximate surface area is 160 Å². The van der Waals surface area contributed by atoms with Gasteiger partial charge in [-0.3, -0.25) is 4.79 Å². The monoisotopic (exact) mass is 375 g/mol. The van der Waals surface area contributed by atoms with Gasteiger partial charge in [-0.05, 0) is 30.9 Å². The topological polar surface area (TPSA) is 45.7 Å². The number of rotatable bonds is 4. The molecule has 2 aromatic rings. The van der Waals surface area contributed by atoms with Crippen LogP contribution in [0.4, 0.5) is 5.13 Å². The third-order valence-corrected chi connectivity index (χ3v) is 6.08. The molecular weight excluding hydrogens is 346 g/mol. The standard InChI is InChI=1S/C20H29N3O2S/c1-20(2,3)18(24)22(4)13-14-9-11-23(12-10-14)19-21-17-15(25-5)7-6-8-16(17)26-19/h6-8,14H,9-13H2,1-5H3. The number of fused-ring (bicyclic) bond motifs is 1. The van der Waals surface area contributed by atoms with Crippen LogP contribution in [-0.4, -0.2) is 49.6 Å². The van der Waals surface area contributed by atoms with E-state index in [0.29, 0.717) is 5.92 Å². The van der Waals surface area contributed by atoms with Gasteiger partial charge < -0.3 is 14.5 Å². The minimum atomic E-state index is -0.310. The molecule has 0 N–H and O–H groups in total. The molecule has 2 heterocycles. The number of nitrogens with zero attached hydrogens (tertiary/aromatic N) is 3. The minimum absolute atomic E-state index is 0.221. The van der Waals surface area contributed by atoms with Gasteiger partial charge >= 0.3 is 0 Å². The second kappa shape index (κ2) is 7.43. The Morgan fingerprint density at radius 3 is 2.65 bits per heavy atom. The van der Waals surface area contributed by atoms with E-state index in [2.05, 4.69) is 11.0 Å². The molecule has 26 heavy (non-hydrogen) atoms. The number of hydrogen-bond acceptors (Lipinski definition) is 5. The Balaban J connectivity index is 1.61. The van der Waals surface area contributed by atoms with E-state index in [1.54, 1.807) is 18.4 Å². The molecule has 142 valence electrons. The summed E-state index contributed by atoms with van der Waals surface area (Å²) in [6, 6.07) is 6.07. The predicted molar refractivity (Wildman–Crippen MR) is 108 cm³/mol. The van der Waals surface area contributed by atoms with Gasteiger partial charge in [0.05, 0.1) is 11.8 Å². The van der Waals surface area contributed by atoms with Gasteiger partial charge in [-0.25, -0.2) is 4.98 Å². The third-order valence-electron chi connectivity index (χ3n) is 5.00. The Hall–Kier alpha value is -1.82. The molecule has 1 aliphatic rings. The number of piperidine rings is 1. The van der Waals surface area contributed by atoms with E-state index >= 15 is 0 Å². The number of amides is 1. The van der Waals surface area contributed by atoms with Crippen molar-refractivity contribution in [1.29, 1.82) is 0 Å². The Morgan fingerprint density at radius 2 is 2.04 bits per heavy atom. The summed E-state index contributed by atoms with van der Waals surface area (Å²) in [5.41, 5.74) is 0.641. The highest BCUT2D eigenvalue weighted by molar-refractivity contribution is 7.22. The molecule has 1 aromatic carbocycles. The SMILES string of the molecule is COc1cccc2sc(N3CCC(CN(C)C(=O)C(C)(C)C)CC3)nc12. The van der Waals surface area contributed by atoms with Gasteiger partial charge in [-0.15, -0.1) is 0 Å². The molecule has 0 bridgehead atoms. The van der Waals surface area contributed by atoms with E-state index in [0.717, 1.165) is 53.6 Å². The van der Waals surface area contributed by atoms with Gasteiger partial charge in [-0.2, -0.15) is 0 Å². The van der Waals surface area contributed by atoms with Crippen LogP contribution in [0.5, 0.6) is 5.75 Å². The van der Waals surface area contributed by atoms with Crippen molar-refractivity contribution in [3.63, 3.8) is 0 Å². The normalized spacial score (nSPS) is 16.1. The number of hydrogen-bond donors (Lipinski definition) is 0. The van der Waals surface area contributed by atoms with Crippen molar-refractivity contribution in [1.82, 2.24) is 9.88 Å². The number of aromatic nitrogens is 1. The van der Waals surface area contributed by atoms with Gasteiger partial charge in [0.25, 0.3) is 0 Å². The predicted octanol–water partition coefficient (Wildman–Crippen LogP) is 4.03. The van der Waals surface area contributed by atoms with E-state index in [9.17, 15) is 4.79 Å². The number of benzene rings is 1. The third kappa shape index (κ3) is 3.95. The number of para-hydroxylation sites is 1. The van der Waals surface area contributed by atoms with Gasteiger partial charge in [0.2, 0.25) is 5.91 Å². The van der Waals surface area contributed by atoms with E-state index in [1.807, 2.05) is 44.9 Å². The van der Waals surface area contributed by atoms with E-state index in [-0.39, 0.29) is 11.3 Å². The molecule has 1 aromatic heterocycles. The maximum absolute atomic E-state index is 12.4. The molecule has 6 heteroatoms. The summed E-state index contributed by atoms with van der Waals surface area (Å²) < 4.78 is 6.59. The van der Waals surface area contributed by atoms with Crippen molar-refractivity contribution in [2.24, 2.45) is 11.3 Å². The minimum Gasteiger partial charge on any atom is -0.494 e. The largest absolute Gasteiger partial charge is 0.494 e. The van der Waals surface area contributed by atoms with Gasteiger partial charge in [-0.1, -0.05) is 38.2 Å². The fourth-order valence-corrected chi connectivity index (χ4v) is 4.60. The molecule has 3 rings (SSSR count). The first kappa shape index (κ1) is 19.0. The zero-order valence-electron chi connectivity index (χ0n) is 16.4. The molecule has 1 amide bonds. The van der Waals surface area contributed by atoms with Crippen LogP contribution in [0.15, 0.2) is 18.2 Å². The zero-order chi connectivity index (χ0) is 18.9. The smallest absolute Gasteiger partial charge is 0.227 e. The molecule has 1 fully saturated rings. The summed E-state index contributed by atoms with van der Waals surface area (Å²) in [5, 5.41) is 1.07. The Kier molecular flexibility index (Phi) is 5.42. The molecule has 0 unspecified atom stereocenters. The van der Waals surface area contributed by atoms with Crippen LogP contribution < -0.4 is 9.64 Å². The number of methoxy groups -OCH3 is 1. The zero-order valence-corrected chi connectivity index (χ0v) is 17.2. The summed E-state index contributed by atoms with van der Waals surface area (Å²) in [4.78, 5) is 21.5. The first-order valence-electron chi connectivity index (χ1n) is 9.23. The Morgan fingerprint density at radius 1 is 1.35 bits per heavy atom. The molecule has 1 saturated heterocycles. The summed E-state index contributed by atoms with van der Waals surface area (Å²) >= 11 is 1.73. The molecule has 0 atom stereocenters. The fourth-order valence-electron chi connectivity index (χ4n) is 3.56. The first-order valence-corrected chi connectivity index (χ1v) is 10.1. The van der Waals surface area contributed by atoms with Gasteiger partial charge in [0.15, 0.2) is 5.13 Å². The number of ether oxygens (including phenoxy) is 1. The van der Waals surface area contributed by atoms with Crippen molar-refractivity contribution < 1.29 is 9.53 Å². The van der Waals surface area contributed by atoms with Crippen molar-refractivity contribution in [3.05, 3.63) is 18.2 Å². The maximum Gasteiger partial charge on any atom is 0.227 e. The number of anilines is 1. The van der Waals surface area contributed by atoms with Crippen LogP contribution in [0.3, 0.4) is 0 Å². The van der Waals surface area contributed by atoms with Crippen molar-refractivity contribution in [2.75, 3.05) is 38.7 Å². The molecule has 1 aliphatic heterocycles. The van der Waals surface area contributed by atoms with Gasteiger partial charge in [0.1, 0.15) is 11.3 Å². The maximum atomic E-state index is 12.4. The van der Waals surface area contributed by atoms with Crippen LogP contribution >= 0.6 is 11.3 Å². The molecule has 0 aliphatic carbocycles. The van der Waals surface area contributed by atoms with E-state index in [4.69, 9.17) is 9.72 Å². The number of carbonyl (C=O) groups excluding carboxylic acids is 1. The molecule has 0 saturated carbocycles. The van der Waals surface area contributed by atoms with Gasteiger partial charge in [0, 0.05) is 32.1 Å². The lowest BCUT2D eigenvalue weighted by atomic mass is 9.92. The van der Waals surface area contributed by atoms with Crippen LogP contribution in [0, 0.1) is 11.3 Å². The summed E-state index contributed by atoms with van der Waals surface area (Å²) in [6.45, 7) is 8.77. The van der Waals surface area contributed by atoms with Crippen molar-refractivity contribution >= 4 is 32.6 Å². The highest BCUT2D eigenvalue weighted by Gasteiger charge is 2.28. The molecule has 0 spiro atoms. The number of carbonyl (C=O) groups is 1. The summed E-state index contributed by atoms with van der Waals surface area (Å²) in [6.07, 6.45) is 2.18. The highest BCUT2D eigenvalue weighted by atomic mass is 32.1. The van der Waals surface area contributed by atoms with Crippen molar-refractivity contribution in [3.8, 4) is 5.75 Å². The van der Waals surface area contributed by atoms with Crippen LogP contribution in [-0.2, 0) is 4.79 Å². The summed E-state index contributed by atoms with van der Waals surface area (Å²) in [5.74, 6) is 1.62. The second-order valence-electron chi connectivity index (χ2n) is 8.17. The van der Waals surface area contributed by atoms with E-state index in [1.165, 1.54) is 0 Å². The van der Waals surface area contributed by atoms with Crippen LogP contribution in [0.25, 0.3) is 10.2 Å². The molecule has 0 radical (unpaired) electrons. The molecule has 5 nitrogen and oxygen atoms in total. The lowest BCUT2D eigenvalue weighted by Gasteiger charge is -2.35. The van der Waals surface area contributed by atoms with E-state index < -0.39 is 0 Å². The van der Waals surface area contributed by atoms with Crippen LogP contribution in [0.2, 0.25) is 0 Å². The highest BCUT2D eigenvalue weighted by Crippen LogP contribution is 2.35. The average Bonchev–Trinajstić information content (AvgIpc) is 3.05. The average molecular weight is 376 g/mol. The van der Waals surface area contributed by atoms with Crippen LogP contribution in [0.1, 0.15) is 33.6 Å². The molecular formula is C20H29N3O2S. The lowest BCUT2D eigenvalue weighted by Crippen LogP contribution is -2.42. The summed E-state index contributed by atoms with van der Waals surface area (Å²) in [7, 11) is 3.62. The fraction of sp³-hybridized carbons (Fsp3) is 0.600. The quantitative estimate of drug-likeness (QED) is 0.809. The first-order chi connectivity index (χ1) is 12.3. The van der Waals surface area contributed by atoms with Crippen molar-refractivity contribution in [2.45, 2.75) is 33.6 Å². The Bertz CT molecular complexity index is 773. The lowest BCUT2D eigenvalue weighted by molar-refractivity contribution is -0.138. The number of thiazole rings is 1. The second-order valence-corrected chi connectivity index (χ2v) is 9.18.